The largest absolute Gasteiger partial charge is 0.329 e. The van der Waals surface area contributed by atoms with E-state index < -0.39 is 0 Å². The number of nitrogens with zero attached hydrogens (tertiary/aromatic N) is 2. The van der Waals surface area contributed by atoms with Crippen LogP contribution in [0.4, 0.5) is 11.4 Å². The van der Waals surface area contributed by atoms with Crippen LogP contribution in [0.15, 0.2) is 72.1 Å². The Morgan fingerprint density at radius 2 is 1.83 bits per heavy atom. The van der Waals surface area contributed by atoms with Crippen LogP contribution in [-0.4, -0.2) is 24.0 Å². The molecule has 0 aliphatic heterocycles. The van der Waals surface area contributed by atoms with Crippen molar-refractivity contribution in [3.63, 3.8) is 0 Å². The summed E-state index contributed by atoms with van der Waals surface area (Å²) in [6, 6.07) is 17.8. The Labute approximate surface area is 213 Å². The number of aryl methyl sites for hydroxylation is 3. The monoisotopic (exact) mass is 491 g/mol. The van der Waals surface area contributed by atoms with Gasteiger partial charge in [-0.1, -0.05) is 40.9 Å². The van der Waals surface area contributed by atoms with E-state index in [9.17, 15) is 4.79 Å². The van der Waals surface area contributed by atoms with Crippen LogP contribution >= 0.6 is 11.6 Å². The van der Waals surface area contributed by atoms with Crippen LogP contribution in [0.1, 0.15) is 47.3 Å². The van der Waals surface area contributed by atoms with Crippen LogP contribution in [0.5, 0.6) is 0 Å². The Kier molecular flexibility index (Phi) is 9.43. The first kappa shape index (κ1) is 26.4. The fraction of sp³-hybridized carbons (Fsp3) is 0.286. The number of allylic oxidation sites excluding steroid dienone is 2. The van der Waals surface area contributed by atoms with Crippen molar-refractivity contribution in [2.24, 2.45) is 5.73 Å². The van der Waals surface area contributed by atoms with Crippen molar-refractivity contribution >= 4 is 28.9 Å². The highest BCUT2D eigenvalue weighted by Crippen LogP contribution is 2.24. The third-order valence-electron chi connectivity index (χ3n) is 6.03. The van der Waals surface area contributed by atoms with Crippen molar-refractivity contribution in [1.29, 1.82) is 0 Å². The average molecular weight is 492 g/mol. The van der Waals surface area contributed by atoms with Crippen LogP contribution in [0.2, 0.25) is 5.15 Å². The van der Waals surface area contributed by atoms with Gasteiger partial charge in [0, 0.05) is 30.7 Å². The van der Waals surface area contributed by atoms with Gasteiger partial charge < -0.3 is 11.1 Å². The predicted octanol–water partition coefficient (Wildman–Crippen LogP) is 5.80. The molecule has 0 atom stereocenters. The second kappa shape index (κ2) is 12.5. The molecule has 0 bridgehead atoms. The smallest absolute Gasteiger partial charge is 0.258 e. The fourth-order valence-corrected chi connectivity index (χ4v) is 3.98. The number of aromatic nitrogens is 1. The van der Waals surface area contributed by atoms with E-state index in [0.717, 1.165) is 35.5 Å². The number of benzene rings is 2. The number of rotatable bonds is 10. The number of hydrazine groups is 1. The van der Waals surface area contributed by atoms with Gasteiger partial charge in [0.05, 0.1) is 11.3 Å². The number of anilines is 2. The molecule has 0 radical (unpaired) electrons. The predicted molar refractivity (Wildman–Crippen MR) is 146 cm³/mol. The molecule has 0 fully saturated rings. The molecule has 0 saturated heterocycles. The number of amides is 1. The molecule has 6 nitrogen and oxygen atoms in total. The quantitative estimate of drug-likeness (QED) is 0.246. The Bertz CT molecular complexity index is 1190. The summed E-state index contributed by atoms with van der Waals surface area (Å²) in [6.45, 7) is 9.70. The van der Waals surface area contributed by atoms with Crippen LogP contribution in [-0.2, 0) is 6.42 Å². The van der Waals surface area contributed by atoms with Gasteiger partial charge >= 0.3 is 0 Å². The third kappa shape index (κ3) is 7.15. The maximum Gasteiger partial charge on any atom is 0.258 e. The van der Waals surface area contributed by atoms with Gasteiger partial charge in [-0.25, -0.2) is 10.4 Å². The van der Waals surface area contributed by atoms with Gasteiger partial charge in [-0.05, 0) is 88.1 Å². The third-order valence-corrected chi connectivity index (χ3v) is 6.33. The molecule has 4 N–H and O–H groups in total. The SMILES string of the molecule is C/C(CCc1ccc(NC(=O)c2cccnc2Cl)cc1C)=C(/C)N(NCCN)c1ccc(C)cc1. The molecule has 1 aromatic heterocycles. The molecule has 0 spiro atoms. The lowest BCUT2D eigenvalue weighted by atomic mass is 9.99. The Morgan fingerprint density at radius 3 is 2.49 bits per heavy atom. The minimum absolute atomic E-state index is 0.191. The van der Waals surface area contributed by atoms with Gasteiger partial charge in [0.25, 0.3) is 5.91 Å². The summed E-state index contributed by atoms with van der Waals surface area (Å²) >= 11 is 6.04. The lowest BCUT2D eigenvalue weighted by Crippen LogP contribution is -2.40. The van der Waals surface area contributed by atoms with E-state index in [1.807, 2.05) is 12.1 Å². The van der Waals surface area contributed by atoms with Gasteiger partial charge in [-0.3, -0.25) is 9.80 Å². The minimum atomic E-state index is -0.272. The van der Waals surface area contributed by atoms with Gasteiger partial charge in [-0.2, -0.15) is 0 Å². The number of nitrogens with two attached hydrogens (primary N) is 1. The molecule has 1 amide bonds. The summed E-state index contributed by atoms with van der Waals surface area (Å²) in [7, 11) is 0. The number of hydrogen-bond acceptors (Lipinski definition) is 5. The van der Waals surface area contributed by atoms with Crippen LogP contribution in [0, 0.1) is 13.8 Å². The molecule has 0 aliphatic rings. The van der Waals surface area contributed by atoms with E-state index in [1.54, 1.807) is 18.3 Å². The summed E-state index contributed by atoms with van der Waals surface area (Å²) < 4.78 is 0. The van der Waals surface area contributed by atoms with E-state index in [1.165, 1.54) is 16.7 Å². The lowest BCUT2D eigenvalue weighted by molar-refractivity contribution is 0.102. The standard InChI is InChI=1S/C28H34ClN5O/c1-19-7-13-25(14-8-19)34(32-17-15-30)22(4)20(2)9-10-23-11-12-24(18-21(23)3)33-28(35)26-6-5-16-31-27(26)29/h5-8,11-14,16,18,32H,9-10,15,17,30H2,1-4H3,(H,33,35)/b22-20+. The van der Waals surface area contributed by atoms with Crippen molar-refractivity contribution < 1.29 is 4.79 Å². The first-order chi connectivity index (χ1) is 16.8. The first-order valence-corrected chi connectivity index (χ1v) is 12.2. The Hall–Kier alpha value is -3.19. The second-order valence-electron chi connectivity index (χ2n) is 8.67. The maximum absolute atomic E-state index is 12.5. The van der Waals surface area contributed by atoms with Crippen molar-refractivity contribution in [1.82, 2.24) is 10.4 Å². The topological polar surface area (TPSA) is 83.3 Å². The Balaban J connectivity index is 1.69. The highest BCUT2D eigenvalue weighted by atomic mass is 35.5. The van der Waals surface area contributed by atoms with Crippen molar-refractivity contribution in [3.05, 3.63) is 99.5 Å². The van der Waals surface area contributed by atoms with E-state index in [4.69, 9.17) is 17.3 Å². The molecule has 3 rings (SSSR count). The zero-order valence-electron chi connectivity index (χ0n) is 20.9. The summed E-state index contributed by atoms with van der Waals surface area (Å²) in [4.78, 5) is 16.5. The number of pyridine rings is 1. The number of carbonyl (C=O) groups excluding carboxylic acids is 1. The van der Waals surface area contributed by atoms with Crippen molar-refractivity contribution in [2.75, 3.05) is 23.4 Å². The number of halogens is 1. The van der Waals surface area contributed by atoms with Gasteiger partial charge in [-0.15, -0.1) is 0 Å². The van der Waals surface area contributed by atoms with Gasteiger partial charge in [0.2, 0.25) is 0 Å². The zero-order chi connectivity index (χ0) is 25.4. The molecule has 0 saturated carbocycles. The zero-order valence-corrected chi connectivity index (χ0v) is 21.6. The van der Waals surface area contributed by atoms with Gasteiger partial charge in [0.1, 0.15) is 5.15 Å². The Morgan fingerprint density at radius 1 is 1.09 bits per heavy atom. The summed E-state index contributed by atoms with van der Waals surface area (Å²) in [6.07, 6.45) is 3.37. The highest BCUT2D eigenvalue weighted by Gasteiger charge is 2.13. The molecular weight excluding hydrogens is 458 g/mol. The maximum atomic E-state index is 12.5. The number of carbonyl (C=O) groups is 1. The molecule has 3 aromatic rings. The van der Waals surface area contributed by atoms with E-state index in [2.05, 4.69) is 78.8 Å². The normalized spacial score (nSPS) is 11.7. The molecule has 0 aliphatic carbocycles. The van der Waals surface area contributed by atoms with Crippen molar-refractivity contribution in [3.8, 4) is 0 Å². The highest BCUT2D eigenvalue weighted by molar-refractivity contribution is 6.33. The van der Waals surface area contributed by atoms with Gasteiger partial charge in [0.15, 0.2) is 0 Å². The molecule has 7 heteroatoms. The van der Waals surface area contributed by atoms with Crippen LogP contribution in [0.3, 0.4) is 0 Å². The summed E-state index contributed by atoms with van der Waals surface area (Å²) in [5.41, 5.74) is 17.4. The molecular formula is C28H34ClN5O. The van der Waals surface area contributed by atoms with Crippen LogP contribution < -0.4 is 21.5 Å². The summed E-state index contributed by atoms with van der Waals surface area (Å²) in [5, 5.41) is 5.22. The summed E-state index contributed by atoms with van der Waals surface area (Å²) in [5.74, 6) is -0.272. The molecule has 0 unspecified atom stereocenters. The van der Waals surface area contributed by atoms with E-state index in [-0.39, 0.29) is 11.1 Å². The average Bonchev–Trinajstić information content (AvgIpc) is 2.84. The number of nitrogens with one attached hydrogen (secondary N) is 2. The van der Waals surface area contributed by atoms with E-state index >= 15 is 0 Å². The lowest BCUT2D eigenvalue weighted by Gasteiger charge is -2.28. The fourth-order valence-electron chi connectivity index (χ4n) is 3.78. The van der Waals surface area contributed by atoms with Crippen molar-refractivity contribution in [2.45, 2.75) is 40.5 Å². The van der Waals surface area contributed by atoms with Crippen LogP contribution in [0.25, 0.3) is 0 Å². The van der Waals surface area contributed by atoms with E-state index in [0.29, 0.717) is 18.7 Å². The molecule has 184 valence electrons. The molecule has 2 aromatic carbocycles. The first-order valence-electron chi connectivity index (χ1n) is 11.8. The molecule has 1 heterocycles. The minimum Gasteiger partial charge on any atom is -0.329 e. The second-order valence-corrected chi connectivity index (χ2v) is 9.03. The number of hydrogen-bond donors (Lipinski definition) is 3. The molecule has 35 heavy (non-hydrogen) atoms.